The Labute approximate surface area is 110 Å². The van der Waals surface area contributed by atoms with E-state index in [0.29, 0.717) is 17.5 Å². The van der Waals surface area contributed by atoms with Crippen LogP contribution in [-0.4, -0.2) is 27.4 Å². The number of nitrogens with zero attached hydrogens (tertiary/aromatic N) is 3. The van der Waals surface area contributed by atoms with Crippen LogP contribution >= 0.6 is 0 Å². The Kier molecular flexibility index (Phi) is 3.76. The van der Waals surface area contributed by atoms with E-state index >= 15 is 0 Å². The first-order valence-corrected chi connectivity index (χ1v) is 7.07. The first kappa shape index (κ1) is 13.5. The van der Waals surface area contributed by atoms with Crippen LogP contribution < -0.4 is 5.32 Å². The molecule has 1 heterocycles. The van der Waals surface area contributed by atoms with Gasteiger partial charge in [-0.05, 0) is 38.1 Å². The molecule has 0 aromatic carbocycles. The third-order valence-corrected chi connectivity index (χ3v) is 4.08. The molecule has 1 fully saturated rings. The number of rotatable bonds is 6. The second-order valence-corrected chi connectivity index (χ2v) is 6.38. The summed E-state index contributed by atoms with van der Waals surface area (Å²) in [6.07, 6.45) is 3.98. The first-order valence-electron chi connectivity index (χ1n) is 7.07. The molecule has 0 spiro atoms. The van der Waals surface area contributed by atoms with E-state index in [2.05, 4.69) is 50.0 Å². The van der Waals surface area contributed by atoms with Gasteiger partial charge in [0.15, 0.2) is 0 Å². The SMILES string of the molecule is CCNC(Cc1ncnn1C(C)C)C1CC1(C)C. The molecule has 4 nitrogen and oxygen atoms in total. The average Bonchev–Trinajstić information content (AvgIpc) is 2.74. The zero-order valence-electron chi connectivity index (χ0n) is 12.3. The van der Waals surface area contributed by atoms with Crippen LogP contribution in [0, 0.1) is 11.3 Å². The van der Waals surface area contributed by atoms with Gasteiger partial charge in [-0.1, -0.05) is 20.8 Å². The van der Waals surface area contributed by atoms with Gasteiger partial charge in [-0.15, -0.1) is 0 Å². The molecular formula is C14H26N4. The van der Waals surface area contributed by atoms with Crippen molar-refractivity contribution in [3.05, 3.63) is 12.2 Å². The topological polar surface area (TPSA) is 42.7 Å². The second-order valence-electron chi connectivity index (χ2n) is 6.38. The quantitative estimate of drug-likeness (QED) is 0.843. The van der Waals surface area contributed by atoms with Crippen LogP contribution in [0.1, 0.15) is 52.9 Å². The fourth-order valence-corrected chi connectivity index (χ4v) is 2.86. The van der Waals surface area contributed by atoms with Crippen molar-refractivity contribution in [2.24, 2.45) is 11.3 Å². The maximum atomic E-state index is 4.43. The van der Waals surface area contributed by atoms with E-state index in [-0.39, 0.29) is 0 Å². The normalized spacial score (nSPS) is 23.3. The number of nitrogens with one attached hydrogen (secondary N) is 1. The van der Waals surface area contributed by atoms with Gasteiger partial charge in [-0.2, -0.15) is 5.10 Å². The minimum atomic E-state index is 0.386. The summed E-state index contributed by atoms with van der Waals surface area (Å²) in [5.74, 6) is 1.88. The van der Waals surface area contributed by atoms with Crippen LogP contribution in [0.5, 0.6) is 0 Å². The van der Waals surface area contributed by atoms with Gasteiger partial charge in [-0.25, -0.2) is 9.67 Å². The van der Waals surface area contributed by atoms with Crippen molar-refractivity contribution in [1.29, 1.82) is 0 Å². The summed E-state index contributed by atoms with van der Waals surface area (Å²) in [5.41, 5.74) is 0.496. The summed E-state index contributed by atoms with van der Waals surface area (Å²) >= 11 is 0. The maximum absolute atomic E-state index is 4.43. The van der Waals surface area contributed by atoms with Crippen LogP contribution in [0.4, 0.5) is 0 Å². The van der Waals surface area contributed by atoms with E-state index in [4.69, 9.17) is 0 Å². The van der Waals surface area contributed by atoms with E-state index in [1.54, 1.807) is 6.33 Å². The molecule has 1 aromatic heterocycles. The lowest BCUT2D eigenvalue weighted by Gasteiger charge is -2.20. The fourth-order valence-electron chi connectivity index (χ4n) is 2.86. The molecule has 4 heteroatoms. The second kappa shape index (κ2) is 5.00. The number of hydrogen-bond donors (Lipinski definition) is 1. The minimum absolute atomic E-state index is 0.386. The van der Waals surface area contributed by atoms with E-state index in [1.807, 2.05) is 4.68 Å². The van der Waals surface area contributed by atoms with E-state index in [0.717, 1.165) is 24.7 Å². The molecule has 1 aliphatic carbocycles. The lowest BCUT2D eigenvalue weighted by molar-refractivity contribution is 0.390. The van der Waals surface area contributed by atoms with Crippen LogP contribution in [0.15, 0.2) is 6.33 Å². The van der Waals surface area contributed by atoms with Gasteiger partial charge in [0.05, 0.1) is 0 Å². The van der Waals surface area contributed by atoms with Gasteiger partial charge in [0.25, 0.3) is 0 Å². The molecule has 0 saturated heterocycles. The predicted molar refractivity (Wildman–Crippen MR) is 73.5 cm³/mol. The molecule has 1 aromatic rings. The molecular weight excluding hydrogens is 224 g/mol. The molecule has 0 aliphatic heterocycles. The standard InChI is InChI=1S/C14H26N4/c1-6-15-12(11-8-14(11,4)5)7-13-16-9-17-18(13)10(2)3/h9-12,15H,6-8H2,1-5H3. The zero-order chi connectivity index (χ0) is 13.3. The number of likely N-dealkylation sites (N-methyl/N-ethyl adjacent to an activating group) is 1. The Morgan fingerprint density at radius 3 is 2.67 bits per heavy atom. The van der Waals surface area contributed by atoms with E-state index < -0.39 is 0 Å². The largest absolute Gasteiger partial charge is 0.314 e. The molecule has 1 aliphatic rings. The van der Waals surface area contributed by atoms with Gasteiger partial charge in [-0.3, -0.25) is 0 Å². The molecule has 0 amide bonds. The van der Waals surface area contributed by atoms with Crippen molar-refractivity contribution in [3.8, 4) is 0 Å². The summed E-state index contributed by atoms with van der Waals surface area (Å²) in [7, 11) is 0. The molecule has 2 atom stereocenters. The van der Waals surface area contributed by atoms with Gasteiger partial charge in [0.1, 0.15) is 12.2 Å². The number of hydrogen-bond acceptors (Lipinski definition) is 3. The van der Waals surface area contributed by atoms with Gasteiger partial charge in [0, 0.05) is 18.5 Å². The highest BCUT2D eigenvalue weighted by Gasteiger charge is 2.49. The zero-order valence-corrected chi connectivity index (χ0v) is 12.3. The smallest absolute Gasteiger partial charge is 0.138 e. The summed E-state index contributed by atoms with van der Waals surface area (Å²) in [5, 5.41) is 7.95. The van der Waals surface area contributed by atoms with Crippen LogP contribution in [0.2, 0.25) is 0 Å². The first-order chi connectivity index (χ1) is 8.45. The summed E-state index contributed by atoms with van der Waals surface area (Å²) in [6, 6.07) is 0.920. The minimum Gasteiger partial charge on any atom is -0.314 e. The molecule has 1 saturated carbocycles. The highest BCUT2D eigenvalue weighted by atomic mass is 15.3. The monoisotopic (exact) mass is 250 g/mol. The molecule has 18 heavy (non-hydrogen) atoms. The van der Waals surface area contributed by atoms with Gasteiger partial charge in [0.2, 0.25) is 0 Å². The van der Waals surface area contributed by atoms with Crippen LogP contribution in [0.25, 0.3) is 0 Å². The third-order valence-electron chi connectivity index (χ3n) is 4.08. The van der Waals surface area contributed by atoms with E-state index in [1.165, 1.54) is 6.42 Å². The van der Waals surface area contributed by atoms with Crippen molar-refractivity contribution >= 4 is 0 Å². The molecule has 0 radical (unpaired) electrons. The molecule has 2 rings (SSSR count). The average molecular weight is 250 g/mol. The van der Waals surface area contributed by atoms with Gasteiger partial charge < -0.3 is 5.32 Å². The maximum Gasteiger partial charge on any atom is 0.138 e. The van der Waals surface area contributed by atoms with Crippen molar-refractivity contribution in [2.45, 2.75) is 59.5 Å². The summed E-state index contributed by atoms with van der Waals surface area (Å²) in [6.45, 7) is 12.2. The van der Waals surface area contributed by atoms with Crippen LogP contribution in [0.3, 0.4) is 0 Å². The predicted octanol–water partition coefficient (Wildman–Crippen LogP) is 2.43. The summed E-state index contributed by atoms with van der Waals surface area (Å²) in [4.78, 5) is 4.43. The van der Waals surface area contributed by atoms with E-state index in [9.17, 15) is 0 Å². The Bertz CT molecular complexity index is 394. The Morgan fingerprint density at radius 1 is 1.50 bits per heavy atom. The number of aromatic nitrogens is 3. The molecule has 1 N–H and O–H groups in total. The Hall–Kier alpha value is -0.900. The fraction of sp³-hybridized carbons (Fsp3) is 0.857. The van der Waals surface area contributed by atoms with Crippen molar-refractivity contribution in [3.63, 3.8) is 0 Å². The lowest BCUT2D eigenvalue weighted by atomic mass is 10.0. The summed E-state index contributed by atoms with van der Waals surface area (Å²) < 4.78 is 2.04. The Morgan fingerprint density at radius 2 is 2.17 bits per heavy atom. The molecule has 2 unspecified atom stereocenters. The van der Waals surface area contributed by atoms with Gasteiger partial charge >= 0.3 is 0 Å². The molecule has 102 valence electrons. The highest BCUT2D eigenvalue weighted by Crippen LogP contribution is 2.53. The van der Waals surface area contributed by atoms with Crippen molar-refractivity contribution in [1.82, 2.24) is 20.1 Å². The highest BCUT2D eigenvalue weighted by molar-refractivity contribution is 5.05. The lowest BCUT2D eigenvalue weighted by Crippen LogP contribution is -2.35. The Balaban J connectivity index is 2.07. The van der Waals surface area contributed by atoms with Crippen LogP contribution in [-0.2, 0) is 6.42 Å². The van der Waals surface area contributed by atoms with Crippen molar-refractivity contribution in [2.75, 3.05) is 6.54 Å². The van der Waals surface area contributed by atoms with Crippen molar-refractivity contribution < 1.29 is 0 Å². The third kappa shape index (κ3) is 2.74. The molecule has 0 bridgehead atoms.